The Morgan fingerprint density at radius 3 is 2.86 bits per heavy atom. The first-order valence-corrected chi connectivity index (χ1v) is 4.82. The van der Waals surface area contributed by atoms with Gasteiger partial charge in [-0.3, -0.25) is 0 Å². The molecule has 1 heterocycles. The van der Waals surface area contributed by atoms with Crippen molar-refractivity contribution in [3.05, 3.63) is 48.2 Å². The van der Waals surface area contributed by atoms with Gasteiger partial charge < -0.3 is 10.6 Å². The number of anilines is 1. The first-order chi connectivity index (χ1) is 6.92. The Hall–Kier alpha value is -1.54. The molecule has 2 nitrogen and oxygen atoms in total. The quantitative estimate of drug-likeness (QED) is 0.765. The molecule has 0 spiro atoms. The van der Waals surface area contributed by atoms with Gasteiger partial charge in [-0.15, -0.1) is 0 Å². The van der Waals surface area contributed by atoms with Crippen molar-refractivity contribution in [1.29, 1.82) is 0 Å². The van der Waals surface area contributed by atoms with Crippen molar-refractivity contribution < 1.29 is 0 Å². The molecule has 1 aliphatic heterocycles. The summed E-state index contributed by atoms with van der Waals surface area (Å²) in [5, 5.41) is 0. The van der Waals surface area contributed by atoms with Gasteiger partial charge in [0, 0.05) is 25.0 Å². The largest absolute Gasteiger partial charge is 0.346 e. The highest BCUT2D eigenvalue weighted by molar-refractivity contribution is 5.71. The van der Waals surface area contributed by atoms with E-state index in [1.54, 1.807) is 0 Å². The molecular formula is C12H14N2. The van der Waals surface area contributed by atoms with Crippen LogP contribution in [0.2, 0.25) is 0 Å². The molecule has 0 radical (unpaired) electrons. The maximum Gasteiger partial charge on any atom is 0.0480 e. The number of para-hydroxylation sites is 1. The zero-order valence-electron chi connectivity index (χ0n) is 8.06. The fourth-order valence-electron chi connectivity index (χ4n) is 1.62. The van der Waals surface area contributed by atoms with Crippen LogP contribution in [-0.4, -0.2) is 13.1 Å². The van der Waals surface area contributed by atoms with Crippen molar-refractivity contribution in [2.45, 2.75) is 0 Å². The number of allylic oxidation sites excluding steroid dienone is 2. The predicted octanol–water partition coefficient (Wildman–Crippen LogP) is 1.99. The minimum atomic E-state index is 0.665. The standard InChI is InChI=1S/C12H14N2/c13-8-10-14-9-4-3-6-11-5-1-2-7-12(11)14/h1-7,9H,8,10,13H2. The van der Waals surface area contributed by atoms with E-state index in [1.165, 1.54) is 11.3 Å². The Morgan fingerprint density at radius 2 is 2.00 bits per heavy atom. The third-order valence-electron chi connectivity index (χ3n) is 2.27. The van der Waals surface area contributed by atoms with Crippen LogP contribution >= 0.6 is 0 Å². The molecule has 14 heavy (non-hydrogen) atoms. The molecule has 2 N–H and O–H groups in total. The Kier molecular flexibility index (Phi) is 2.65. The lowest BCUT2D eigenvalue weighted by molar-refractivity contribution is 0.917. The molecule has 1 aromatic rings. The molecule has 1 aromatic carbocycles. The third-order valence-corrected chi connectivity index (χ3v) is 2.27. The monoisotopic (exact) mass is 186 g/mol. The van der Waals surface area contributed by atoms with E-state index >= 15 is 0 Å². The first-order valence-electron chi connectivity index (χ1n) is 4.82. The maximum absolute atomic E-state index is 5.57. The Morgan fingerprint density at radius 1 is 1.14 bits per heavy atom. The van der Waals surface area contributed by atoms with E-state index in [4.69, 9.17) is 5.73 Å². The molecular weight excluding hydrogens is 172 g/mol. The molecule has 2 rings (SSSR count). The summed E-state index contributed by atoms with van der Waals surface area (Å²) in [7, 11) is 0. The number of fused-ring (bicyclic) bond motifs is 1. The molecule has 0 amide bonds. The molecule has 0 atom stereocenters. The van der Waals surface area contributed by atoms with Gasteiger partial charge in [0.05, 0.1) is 0 Å². The molecule has 0 fully saturated rings. The second kappa shape index (κ2) is 4.11. The summed E-state index contributed by atoms with van der Waals surface area (Å²) >= 11 is 0. The van der Waals surface area contributed by atoms with Crippen molar-refractivity contribution in [1.82, 2.24) is 0 Å². The fourth-order valence-corrected chi connectivity index (χ4v) is 1.62. The highest BCUT2D eigenvalue weighted by atomic mass is 15.1. The number of nitrogens with zero attached hydrogens (tertiary/aromatic N) is 1. The summed E-state index contributed by atoms with van der Waals surface area (Å²) in [6.07, 6.45) is 8.27. The van der Waals surface area contributed by atoms with Crippen molar-refractivity contribution >= 4 is 11.8 Å². The highest BCUT2D eigenvalue weighted by Crippen LogP contribution is 2.23. The van der Waals surface area contributed by atoms with Crippen LogP contribution in [0.1, 0.15) is 5.56 Å². The van der Waals surface area contributed by atoms with Crippen LogP contribution in [0.15, 0.2) is 42.6 Å². The van der Waals surface area contributed by atoms with Crippen LogP contribution in [0, 0.1) is 0 Å². The molecule has 0 aliphatic carbocycles. The molecule has 0 unspecified atom stereocenters. The van der Waals surface area contributed by atoms with Crippen molar-refractivity contribution in [3.63, 3.8) is 0 Å². The van der Waals surface area contributed by atoms with Crippen LogP contribution in [0.4, 0.5) is 5.69 Å². The topological polar surface area (TPSA) is 29.3 Å². The number of hydrogen-bond acceptors (Lipinski definition) is 2. The van der Waals surface area contributed by atoms with Gasteiger partial charge in [-0.05, 0) is 17.7 Å². The molecule has 1 aliphatic rings. The second-order valence-electron chi connectivity index (χ2n) is 3.24. The van der Waals surface area contributed by atoms with Crippen molar-refractivity contribution in [2.75, 3.05) is 18.0 Å². The summed E-state index contributed by atoms with van der Waals surface area (Å²) < 4.78 is 0. The molecule has 0 aromatic heterocycles. The van der Waals surface area contributed by atoms with Gasteiger partial charge in [-0.25, -0.2) is 0 Å². The fraction of sp³-hybridized carbons (Fsp3) is 0.167. The van der Waals surface area contributed by atoms with Crippen LogP contribution in [0.5, 0.6) is 0 Å². The zero-order chi connectivity index (χ0) is 9.80. The Balaban J connectivity index is 2.39. The van der Waals surface area contributed by atoms with E-state index in [0.29, 0.717) is 6.54 Å². The van der Waals surface area contributed by atoms with E-state index in [1.807, 2.05) is 6.08 Å². The maximum atomic E-state index is 5.57. The van der Waals surface area contributed by atoms with Crippen molar-refractivity contribution in [3.8, 4) is 0 Å². The average molecular weight is 186 g/mol. The lowest BCUT2D eigenvalue weighted by Gasteiger charge is -2.20. The van der Waals surface area contributed by atoms with E-state index in [2.05, 4.69) is 47.5 Å². The van der Waals surface area contributed by atoms with Gasteiger partial charge >= 0.3 is 0 Å². The SMILES string of the molecule is NCCN1C=CC=Cc2ccccc21. The smallest absolute Gasteiger partial charge is 0.0480 e. The summed E-state index contributed by atoms with van der Waals surface area (Å²) in [6, 6.07) is 8.33. The van der Waals surface area contributed by atoms with Gasteiger partial charge in [0.15, 0.2) is 0 Å². The normalized spacial score (nSPS) is 13.9. The van der Waals surface area contributed by atoms with Gasteiger partial charge in [0.25, 0.3) is 0 Å². The minimum absolute atomic E-state index is 0.665. The van der Waals surface area contributed by atoms with Gasteiger partial charge in [-0.1, -0.05) is 30.4 Å². The third kappa shape index (κ3) is 1.70. The average Bonchev–Trinajstić information content (AvgIpc) is 2.42. The van der Waals surface area contributed by atoms with Crippen LogP contribution in [0.3, 0.4) is 0 Å². The molecule has 2 heteroatoms. The highest BCUT2D eigenvalue weighted by Gasteiger charge is 2.06. The predicted molar refractivity (Wildman–Crippen MR) is 61.0 cm³/mol. The summed E-state index contributed by atoms with van der Waals surface area (Å²) in [5.41, 5.74) is 8.04. The number of hydrogen-bond donors (Lipinski definition) is 1. The summed E-state index contributed by atoms with van der Waals surface area (Å²) in [5.74, 6) is 0. The molecule has 0 bridgehead atoms. The number of benzene rings is 1. The molecule has 0 saturated carbocycles. The van der Waals surface area contributed by atoms with Crippen molar-refractivity contribution in [2.24, 2.45) is 5.73 Å². The van der Waals surface area contributed by atoms with Crippen LogP contribution < -0.4 is 10.6 Å². The lowest BCUT2D eigenvalue weighted by Crippen LogP contribution is -2.24. The number of nitrogens with two attached hydrogens (primary N) is 1. The Bertz CT molecular complexity index is 366. The minimum Gasteiger partial charge on any atom is -0.346 e. The second-order valence-corrected chi connectivity index (χ2v) is 3.24. The molecule has 0 saturated heterocycles. The summed E-state index contributed by atoms with van der Waals surface area (Å²) in [4.78, 5) is 2.18. The van der Waals surface area contributed by atoms with E-state index in [-0.39, 0.29) is 0 Å². The summed E-state index contributed by atoms with van der Waals surface area (Å²) in [6.45, 7) is 1.52. The van der Waals surface area contributed by atoms with Gasteiger partial charge in [-0.2, -0.15) is 0 Å². The number of rotatable bonds is 2. The van der Waals surface area contributed by atoms with Crippen LogP contribution in [-0.2, 0) is 0 Å². The van der Waals surface area contributed by atoms with Gasteiger partial charge in [0.2, 0.25) is 0 Å². The van der Waals surface area contributed by atoms with E-state index < -0.39 is 0 Å². The zero-order valence-corrected chi connectivity index (χ0v) is 8.06. The van der Waals surface area contributed by atoms with E-state index in [9.17, 15) is 0 Å². The lowest BCUT2D eigenvalue weighted by atomic mass is 10.1. The van der Waals surface area contributed by atoms with Crippen LogP contribution in [0.25, 0.3) is 6.08 Å². The van der Waals surface area contributed by atoms with E-state index in [0.717, 1.165) is 6.54 Å². The van der Waals surface area contributed by atoms with Gasteiger partial charge in [0.1, 0.15) is 0 Å². The Labute approximate surface area is 84.3 Å². The first kappa shape index (κ1) is 9.03. The molecule has 72 valence electrons.